The van der Waals surface area contributed by atoms with Gasteiger partial charge in [-0.25, -0.2) is 4.79 Å². The summed E-state index contributed by atoms with van der Waals surface area (Å²) in [5.41, 5.74) is 1.26. The lowest BCUT2D eigenvalue weighted by molar-refractivity contribution is -0.118. The third kappa shape index (κ3) is 3.03. The molecule has 0 aromatic carbocycles. The number of carbonyl (C=O) groups is 2. The number of alkyl halides is 1. The first-order valence-electron chi connectivity index (χ1n) is 5.47. The number of aryl methyl sites for hydroxylation is 1. The zero-order valence-corrected chi connectivity index (χ0v) is 12.4. The molecule has 0 aliphatic heterocycles. The minimum atomic E-state index is -0.439. The normalized spacial score (nSPS) is 12.1. The highest BCUT2D eigenvalue weighted by Gasteiger charge is 2.22. The molecular weight excluding hydrogens is 274 g/mol. The van der Waals surface area contributed by atoms with Gasteiger partial charge in [0.2, 0.25) is 5.91 Å². The zero-order chi connectivity index (χ0) is 13.9. The van der Waals surface area contributed by atoms with Crippen LogP contribution in [0.2, 0.25) is 0 Å². The molecule has 6 heteroatoms. The van der Waals surface area contributed by atoms with Crippen LogP contribution in [0.3, 0.4) is 0 Å². The zero-order valence-electron chi connectivity index (χ0n) is 10.8. The van der Waals surface area contributed by atoms with Crippen molar-refractivity contribution in [2.24, 2.45) is 5.92 Å². The number of amides is 1. The Bertz CT molecular complexity index is 470. The van der Waals surface area contributed by atoms with Crippen LogP contribution in [0, 0.1) is 19.8 Å². The van der Waals surface area contributed by atoms with Crippen molar-refractivity contribution in [3.8, 4) is 0 Å². The van der Waals surface area contributed by atoms with E-state index >= 15 is 0 Å². The molecule has 1 rings (SSSR count). The fourth-order valence-electron chi connectivity index (χ4n) is 1.37. The summed E-state index contributed by atoms with van der Waals surface area (Å²) in [5.74, 6) is -0.704. The first kappa shape index (κ1) is 15.0. The van der Waals surface area contributed by atoms with E-state index in [-0.39, 0.29) is 17.7 Å². The van der Waals surface area contributed by atoms with Gasteiger partial charge in [0.15, 0.2) is 0 Å². The largest absolute Gasteiger partial charge is 0.465 e. The SMILES string of the molecule is COC(=O)c1c(NC(=O)C(C)CCl)sc(C)c1C. The molecule has 1 aromatic heterocycles. The van der Waals surface area contributed by atoms with Gasteiger partial charge < -0.3 is 10.1 Å². The number of thiophene rings is 1. The second-order valence-corrected chi connectivity index (χ2v) is 5.56. The highest BCUT2D eigenvalue weighted by atomic mass is 35.5. The fourth-order valence-corrected chi connectivity index (χ4v) is 2.56. The molecule has 1 N–H and O–H groups in total. The van der Waals surface area contributed by atoms with Gasteiger partial charge in [-0.05, 0) is 19.4 Å². The van der Waals surface area contributed by atoms with Crippen molar-refractivity contribution in [1.29, 1.82) is 0 Å². The Hall–Kier alpha value is -1.07. The fraction of sp³-hybridized carbons (Fsp3) is 0.500. The molecule has 1 atom stereocenters. The standard InChI is InChI=1S/C12H16ClNO3S/c1-6(5-13)10(15)14-11-9(12(16)17-4)7(2)8(3)18-11/h6H,5H2,1-4H3,(H,14,15). The van der Waals surface area contributed by atoms with Crippen LogP contribution in [0.15, 0.2) is 0 Å². The maximum atomic E-state index is 11.8. The van der Waals surface area contributed by atoms with Crippen LogP contribution < -0.4 is 5.32 Å². The summed E-state index contributed by atoms with van der Waals surface area (Å²) < 4.78 is 4.73. The Morgan fingerprint density at radius 2 is 2.06 bits per heavy atom. The molecule has 0 fully saturated rings. The Morgan fingerprint density at radius 1 is 1.44 bits per heavy atom. The van der Waals surface area contributed by atoms with E-state index in [0.29, 0.717) is 10.6 Å². The molecule has 0 spiro atoms. The lowest BCUT2D eigenvalue weighted by Crippen LogP contribution is -2.22. The number of carbonyl (C=O) groups excluding carboxylic acids is 2. The van der Waals surface area contributed by atoms with Gasteiger partial charge in [0.25, 0.3) is 0 Å². The quantitative estimate of drug-likeness (QED) is 0.685. The monoisotopic (exact) mass is 289 g/mol. The van der Waals surface area contributed by atoms with Gasteiger partial charge in [0, 0.05) is 16.7 Å². The smallest absolute Gasteiger partial charge is 0.341 e. The summed E-state index contributed by atoms with van der Waals surface area (Å²) in [6.45, 7) is 5.46. The van der Waals surface area contributed by atoms with Crippen LogP contribution in [0.1, 0.15) is 27.7 Å². The number of nitrogens with one attached hydrogen (secondary N) is 1. The summed E-state index contributed by atoms with van der Waals surface area (Å²) in [4.78, 5) is 24.5. The Balaban J connectivity index is 3.06. The summed E-state index contributed by atoms with van der Waals surface area (Å²) >= 11 is 7.00. The highest BCUT2D eigenvalue weighted by Crippen LogP contribution is 2.33. The Morgan fingerprint density at radius 3 is 2.56 bits per heavy atom. The molecule has 0 bridgehead atoms. The first-order chi connectivity index (χ1) is 8.42. The molecule has 1 heterocycles. The summed E-state index contributed by atoms with van der Waals surface area (Å²) in [6.07, 6.45) is 0. The molecule has 1 amide bonds. The lowest BCUT2D eigenvalue weighted by Gasteiger charge is -2.09. The molecule has 1 unspecified atom stereocenters. The number of ether oxygens (including phenoxy) is 1. The number of methoxy groups -OCH3 is 1. The van der Waals surface area contributed by atoms with E-state index in [4.69, 9.17) is 16.3 Å². The summed E-state index contributed by atoms with van der Waals surface area (Å²) in [5, 5.41) is 3.26. The van der Waals surface area contributed by atoms with Crippen LogP contribution >= 0.6 is 22.9 Å². The third-order valence-corrected chi connectivity index (χ3v) is 4.28. The van der Waals surface area contributed by atoms with E-state index in [9.17, 15) is 9.59 Å². The van der Waals surface area contributed by atoms with Crippen LogP contribution in [0.4, 0.5) is 5.00 Å². The molecule has 1 aromatic rings. The molecule has 0 aliphatic carbocycles. The van der Waals surface area contributed by atoms with E-state index in [1.165, 1.54) is 18.4 Å². The molecular formula is C12H16ClNO3S. The van der Waals surface area contributed by atoms with E-state index < -0.39 is 5.97 Å². The van der Waals surface area contributed by atoms with Gasteiger partial charge in [-0.3, -0.25) is 4.79 Å². The maximum absolute atomic E-state index is 11.8. The van der Waals surface area contributed by atoms with Crippen molar-refractivity contribution in [3.63, 3.8) is 0 Å². The third-order valence-electron chi connectivity index (χ3n) is 2.69. The van der Waals surface area contributed by atoms with Gasteiger partial charge in [0.1, 0.15) is 5.00 Å². The van der Waals surface area contributed by atoms with E-state index in [1.54, 1.807) is 6.92 Å². The minimum absolute atomic E-state index is 0.198. The number of hydrogen-bond acceptors (Lipinski definition) is 4. The average Bonchev–Trinajstić information content (AvgIpc) is 2.63. The van der Waals surface area contributed by atoms with Crippen LogP contribution in [-0.2, 0) is 9.53 Å². The Labute approximate surface area is 115 Å². The van der Waals surface area contributed by atoms with Crippen molar-refractivity contribution in [3.05, 3.63) is 16.0 Å². The second-order valence-electron chi connectivity index (χ2n) is 4.02. The van der Waals surface area contributed by atoms with Gasteiger partial charge in [0.05, 0.1) is 12.7 Å². The summed E-state index contributed by atoms with van der Waals surface area (Å²) in [6, 6.07) is 0. The van der Waals surface area contributed by atoms with Gasteiger partial charge in [-0.1, -0.05) is 6.92 Å². The molecule has 0 radical (unpaired) electrons. The molecule has 18 heavy (non-hydrogen) atoms. The van der Waals surface area contributed by atoms with Gasteiger partial charge in [-0.15, -0.1) is 22.9 Å². The van der Waals surface area contributed by atoms with E-state index in [1.807, 2.05) is 13.8 Å². The number of halogens is 1. The number of esters is 1. The van der Waals surface area contributed by atoms with Crippen molar-refractivity contribution in [2.45, 2.75) is 20.8 Å². The summed E-state index contributed by atoms with van der Waals surface area (Å²) in [7, 11) is 1.32. The number of rotatable bonds is 4. The van der Waals surface area contributed by atoms with Crippen molar-refractivity contribution < 1.29 is 14.3 Å². The molecule has 4 nitrogen and oxygen atoms in total. The second kappa shape index (κ2) is 6.20. The van der Waals surface area contributed by atoms with Crippen molar-refractivity contribution in [1.82, 2.24) is 0 Å². The van der Waals surface area contributed by atoms with Gasteiger partial charge >= 0.3 is 5.97 Å². The maximum Gasteiger partial charge on any atom is 0.341 e. The van der Waals surface area contributed by atoms with Crippen LogP contribution in [0.5, 0.6) is 0 Å². The van der Waals surface area contributed by atoms with Crippen molar-refractivity contribution in [2.75, 3.05) is 18.3 Å². The Kier molecular flexibility index (Phi) is 5.16. The van der Waals surface area contributed by atoms with E-state index in [0.717, 1.165) is 10.4 Å². The highest BCUT2D eigenvalue weighted by molar-refractivity contribution is 7.16. The predicted molar refractivity (Wildman–Crippen MR) is 73.6 cm³/mol. The molecule has 0 saturated heterocycles. The number of anilines is 1. The topological polar surface area (TPSA) is 55.4 Å². The van der Waals surface area contributed by atoms with Gasteiger partial charge in [-0.2, -0.15) is 0 Å². The lowest BCUT2D eigenvalue weighted by atomic mass is 10.1. The van der Waals surface area contributed by atoms with E-state index in [2.05, 4.69) is 5.32 Å². The molecule has 0 saturated carbocycles. The van der Waals surface area contributed by atoms with Crippen LogP contribution in [-0.4, -0.2) is 24.9 Å². The average molecular weight is 290 g/mol. The van der Waals surface area contributed by atoms with Crippen molar-refractivity contribution >= 4 is 39.8 Å². The first-order valence-corrected chi connectivity index (χ1v) is 6.82. The predicted octanol–water partition coefficient (Wildman–Crippen LogP) is 2.96. The number of hydrogen-bond donors (Lipinski definition) is 1. The molecule has 0 aliphatic rings. The minimum Gasteiger partial charge on any atom is -0.465 e. The molecule has 100 valence electrons. The van der Waals surface area contributed by atoms with Crippen LogP contribution in [0.25, 0.3) is 0 Å².